The Morgan fingerprint density at radius 3 is 2.53 bits per heavy atom. The summed E-state index contributed by atoms with van der Waals surface area (Å²) in [5, 5.41) is 10.6. The highest BCUT2D eigenvalue weighted by Crippen LogP contribution is 2.67. The van der Waals surface area contributed by atoms with Crippen molar-refractivity contribution in [3.8, 4) is 0 Å². The Labute approximate surface area is 185 Å². The number of hydrogen-bond donors (Lipinski definition) is 3. The average Bonchev–Trinajstić information content (AvgIpc) is 3.00. The quantitative estimate of drug-likeness (QED) is 0.403. The van der Waals surface area contributed by atoms with Crippen LogP contribution in [-0.4, -0.2) is 16.9 Å². The number of fused-ring (bicyclic) bond motifs is 5. The number of nitrogens with two attached hydrogens (primary N) is 2. The molecule has 0 saturated heterocycles. The summed E-state index contributed by atoms with van der Waals surface area (Å²) in [6, 6.07) is -0.316. The van der Waals surface area contributed by atoms with Crippen LogP contribution in [0.3, 0.4) is 0 Å². The van der Waals surface area contributed by atoms with Gasteiger partial charge in [0.1, 0.15) is 5.72 Å². The van der Waals surface area contributed by atoms with E-state index in [0.717, 1.165) is 36.0 Å². The van der Waals surface area contributed by atoms with Crippen LogP contribution in [-0.2, 0) is 0 Å². The lowest BCUT2D eigenvalue weighted by Gasteiger charge is -2.60. The first-order chi connectivity index (χ1) is 14.0. The Bertz CT molecular complexity index is 670. The third kappa shape index (κ3) is 3.61. The Balaban J connectivity index is 1.52. The number of rotatable bonds is 5. The van der Waals surface area contributed by atoms with Gasteiger partial charge in [0.15, 0.2) is 0 Å². The minimum absolute atomic E-state index is 0.135. The maximum atomic E-state index is 10.6. The average molecular weight is 417 g/mol. The van der Waals surface area contributed by atoms with E-state index in [1.165, 1.54) is 56.9 Å². The second-order valence-corrected chi connectivity index (χ2v) is 12.8. The number of aliphatic hydroxyl groups is 1. The smallest absolute Gasteiger partial charge is 0.132 e. The minimum atomic E-state index is -1.23. The van der Waals surface area contributed by atoms with Crippen LogP contribution in [0.25, 0.3) is 0 Å². The van der Waals surface area contributed by atoms with Gasteiger partial charge in [0.25, 0.3) is 0 Å². The third-order valence-corrected chi connectivity index (χ3v) is 10.6. The first-order valence-corrected chi connectivity index (χ1v) is 13.0. The molecule has 0 radical (unpaired) electrons. The van der Waals surface area contributed by atoms with Crippen molar-refractivity contribution in [2.45, 2.75) is 111 Å². The Kier molecular flexibility index (Phi) is 5.99. The Morgan fingerprint density at radius 1 is 1.10 bits per heavy atom. The van der Waals surface area contributed by atoms with Gasteiger partial charge >= 0.3 is 0 Å². The predicted molar refractivity (Wildman–Crippen MR) is 126 cm³/mol. The molecular formula is C27H48N2O. The van der Waals surface area contributed by atoms with E-state index in [9.17, 15) is 5.11 Å². The molecule has 0 heterocycles. The van der Waals surface area contributed by atoms with Crippen molar-refractivity contribution in [2.24, 2.45) is 57.8 Å². The zero-order valence-corrected chi connectivity index (χ0v) is 20.3. The second kappa shape index (κ2) is 7.89. The van der Waals surface area contributed by atoms with E-state index in [1.807, 2.05) is 0 Å². The highest BCUT2D eigenvalue weighted by Gasteiger charge is 2.60. The van der Waals surface area contributed by atoms with E-state index in [4.69, 9.17) is 11.5 Å². The van der Waals surface area contributed by atoms with Crippen LogP contribution in [0.2, 0.25) is 0 Å². The molecule has 3 fully saturated rings. The Hall–Kier alpha value is -0.380. The molecule has 9 atom stereocenters. The molecule has 4 rings (SSSR count). The maximum absolute atomic E-state index is 10.6. The Morgan fingerprint density at radius 2 is 1.83 bits per heavy atom. The topological polar surface area (TPSA) is 72.3 Å². The van der Waals surface area contributed by atoms with Crippen molar-refractivity contribution in [3.63, 3.8) is 0 Å². The van der Waals surface area contributed by atoms with E-state index < -0.39 is 5.72 Å². The van der Waals surface area contributed by atoms with Crippen LogP contribution < -0.4 is 11.5 Å². The fourth-order valence-corrected chi connectivity index (χ4v) is 8.81. The summed E-state index contributed by atoms with van der Waals surface area (Å²) in [6.07, 6.45) is 14.8. The van der Waals surface area contributed by atoms with Crippen LogP contribution in [0.4, 0.5) is 0 Å². The van der Waals surface area contributed by atoms with Crippen LogP contribution >= 0.6 is 0 Å². The lowest BCUT2D eigenvalue weighted by atomic mass is 9.46. The van der Waals surface area contributed by atoms with E-state index in [0.29, 0.717) is 17.8 Å². The zero-order chi connectivity index (χ0) is 21.9. The summed E-state index contributed by atoms with van der Waals surface area (Å²) < 4.78 is 0. The van der Waals surface area contributed by atoms with Gasteiger partial charge in [-0.2, -0.15) is 0 Å². The van der Waals surface area contributed by atoms with Crippen molar-refractivity contribution in [3.05, 3.63) is 11.6 Å². The summed E-state index contributed by atoms with van der Waals surface area (Å²) >= 11 is 0. The second-order valence-electron chi connectivity index (χ2n) is 12.8. The van der Waals surface area contributed by atoms with Gasteiger partial charge in [-0.1, -0.05) is 65.5 Å². The first-order valence-electron chi connectivity index (χ1n) is 13.0. The molecule has 4 aliphatic carbocycles. The molecule has 4 aliphatic rings. The van der Waals surface area contributed by atoms with Crippen LogP contribution in [0.15, 0.2) is 11.6 Å². The van der Waals surface area contributed by atoms with E-state index in [-0.39, 0.29) is 11.5 Å². The fourth-order valence-electron chi connectivity index (χ4n) is 8.81. The van der Waals surface area contributed by atoms with Crippen molar-refractivity contribution < 1.29 is 5.11 Å². The van der Waals surface area contributed by atoms with Crippen LogP contribution in [0, 0.1) is 46.3 Å². The summed E-state index contributed by atoms with van der Waals surface area (Å²) in [4.78, 5) is 0. The maximum Gasteiger partial charge on any atom is 0.132 e. The monoisotopic (exact) mass is 416 g/mol. The van der Waals surface area contributed by atoms with Gasteiger partial charge in [0, 0.05) is 12.5 Å². The molecule has 0 bridgehead atoms. The van der Waals surface area contributed by atoms with Gasteiger partial charge in [-0.3, -0.25) is 0 Å². The van der Waals surface area contributed by atoms with Gasteiger partial charge < -0.3 is 16.6 Å². The lowest BCUT2D eigenvalue weighted by Crippen LogP contribution is -2.63. The van der Waals surface area contributed by atoms with Crippen molar-refractivity contribution in [2.75, 3.05) is 0 Å². The molecule has 0 aromatic rings. The molecule has 0 aromatic carbocycles. The fraction of sp³-hybridized carbons (Fsp3) is 0.926. The molecule has 0 amide bonds. The molecule has 172 valence electrons. The van der Waals surface area contributed by atoms with E-state index in [1.54, 1.807) is 0 Å². The normalized spacial score (nSPS) is 49.2. The molecule has 0 aromatic heterocycles. The molecule has 0 spiro atoms. The van der Waals surface area contributed by atoms with Gasteiger partial charge in [-0.25, -0.2) is 0 Å². The number of allylic oxidation sites excluding steroid dienone is 1. The zero-order valence-electron chi connectivity index (χ0n) is 20.3. The molecule has 3 nitrogen and oxygen atoms in total. The van der Waals surface area contributed by atoms with E-state index in [2.05, 4.69) is 40.7 Å². The molecule has 2 unspecified atom stereocenters. The molecular weight excluding hydrogens is 368 g/mol. The lowest BCUT2D eigenvalue weighted by molar-refractivity contribution is -0.0809. The highest BCUT2D eigenvalue weighted by atomic mass is 16.3. The third-order valence-electron chi connectivity index (χ3n) is 10.6. The summed E-state index contributed by atoms with van der Waals surface area (Å²) in [7, 11) is 0. The minimum Gasteiger partial charge on any atom is -0.374 e. The molecule has 30 heavy (non-hydrogen) atoms. The standard InChI is InChI=1S/C27H48N2O/c1-17(2)7-6-8-18(3)21-11-12-22-20-10-9-19-15-27(29,30)24(28)16-26(19,5)23(20)13-14-25(21,22)4/h9,17-18,20-24,30H,6-8,10-16,28-29H2,1-5H3/t18-,20+,21-,22+,23+,24?,25-,26+,27?/m1/s1. The van der Waals surface area contributed by atoms with E-state index >= 15 is 0 Å². The largest absolute Gasteiger partial charge is 0.374 e. The molecule has 5 N–H and O–H groups in total. The van der Waals surface area contributed by atoms with Crippen LogP contribution in [0.5, 0.6) is 0 Å². The van der Waals surface area contributed by atoms with Crippen molar-refractivity contribution >= 4 is 0 Å². The van der Waals surface area contributed by atoms with Gasteiger partial charge in [-0.15, -0.1) is 0 Å². The summed E-state index contributed by atoms with van der Waals surface area (Å²) in [5.74, 6) is 4.96. The predicted octanol–water partition coefficient (Wildman–Crippen LogP) is 5.61. The van der Waals surface area contributed by atoms with Crippen molar-refractivity contribution in [1.29, 1.82) is 0 Å². The number of hydrogen-bond acceptors (Lipinski definition) is 3. The van der Waals surface area contributed by atoms with Gasteiger partial charge in [0.05, 0.1) is 0 Å². The highest BCUT2D eigenvalue weighted by molar-refractivity contribution is 5.28. The SMILES string of the molecule is CC(C)CCC[C@@H](C)[C@H]1CC[C@H]2[C@@H]3CC=C4CC(N)(O)C(N)C[C@]4(C)[C@H]3CC[C@]12C. The molecule has 0 aliphatic heterocycles. The van der Waals surface area contributed by atoms with Crippen molar-refractivity contribution in [1.82, 2.24) is 0 Å². The molecule has 3 heteroatoms. The summed E-state index contributed by atoms with van der Waals surface area (Å²) in [5.41, 5.74) is 13.4. The van der Waals surface area contributed by atoms with Gasteiger partial charge in [-0.05, 0) is 84.9 Å². The summed E-state index contributed by atoms with van der Waals surface area (Å²) in [6.45, 7) is 12.3. The van der Waals surface area contributed by atoms with Crippen LogP contribution in [0.1, 0.15) is 98.8 Å². The first kappa shape index (κ1) is 22.8. The molecule has 3 saturated carbocycles. The van der Waals surface area contributed by atoms with Gasteiger partial charge in [0.2, 0.25) is 0 Å².